The van der Waals surface area contributed by atoms with Gasteiger partial charge in [0, 0.05) is 19.2 Å². The third-order valence-corrected chi connectivity index (χ3v) is 2.49. The quantitative estimate of drug-likeness (QED) is 0.588. The molecule has 0 saturated carbocycles. The van der Waals surface area contributed by atoms with Gasteiger partial charge in [-0.1, -0.05) is 29.8 Å². The Kier molecular flexibility index (Phi) is 5.15. The van der Waals surface area contributed by atoms with Crippen molar-refractivity contribution in [3.8, 4) is 0 Å². The Morgan fingerprint density at radius 2 is 2.00 bits per heavy atom. The molecular formula is C13H19NO2. The number of methoxy groups -OCH3 is 1. The molecular weight excluding hydrogens is 202 g/mol. The maximum Gasteiger partial charge on any atom is 0.179 e. The van der Waals surface area contributed by atoms with Gasteiger partial charge < -0.3 is 10.1 Å². The first-order valence-electron chi connectivity index (χ1n) is 5.48. The fourth-order valence-corrected chi connectivity index (χ4v) is 1.44. The van der Waals surface area contributed by atoms with Crippen LogP contribution < -0.4 is 5.32 Å². The molecule has 1 rings (SSSR count). The minimum Gasteiger partial charge on any atom is -0.383 e. The van der Waals surface area contributed by atoms with Gasteiger partial charge in [0.2, 0.25) is 0 Å². The summed E-state index contributed by atoms with van der Waals surface area (Å²) in [7, 11) is 1.65. The van der Waals surface area contributed by atoms with Gasteiger partial charge in [0.1, 0.15) is 0 Å². The second-order valence-corrected chi connectivity index (χ2v) is 3.90. The zero-order valence-corrected chi connectivity index (χ0v) is 10.1. The third-order valence-electron chi connectivity index (χ3n) is 2.49. The summed E-state index contributed by atoms with van der Waals surface area (Å²) >= 11 is 0. The lowest BCUT2D eigenvalue weighted by Crippen LogP contribution is -2.36. The predicted octanol–water partition coefficient (Wildman–Crippen LogP) is 1.80. The summed E-state index contributed by atoms with van der Waals surface area (Å²) in [6.07, 6.45) is 0. The standard InChI is InChI=1S/C13H19NO2/c1-10-4-6-12(7-5-10)13(15)11(2)14-8-9-16-3/h4-7,11,14H,8-9H2,1-3H3. The SMILES string of the molecule is COCCNC(C)C(=O)c1ccc(C)cc1. The molecule has 3 nitrogen and oxygen atoms in total. The van der Waals surface area contributed by atoms with Crippen LogP contribution in [0.3, 0.4) is 0 Å². The Labute approximate surface area is 96.8 Å². The molecule has 1 aromatic carbocycles. The predicted molar refractivity (Wildman–Crippen MR) is 64.9 cm³/mol. The van der Waals surface area contributed by atoms with Crippen molar-refractivity contribution in [2.24, 2.45) is 0 Å². The highest BCUT2D eigenvalue weighted by Crippen LogP contribution is 2.06. The van der Waals surface area contributed by atoms with Crippen molar-refractivity contribution in [3.05, 3.63) is 35.4 Å². The smallest absolute Gasteiger partial charge is 0.179 e. The molecule has 0 aromatic heterocycles. The van der Waals surface area contributed by atoms with Gasteiger partial charge in [0.25, 0.3) is 0 Å². The van der Waals surface area contributed by atoms with Gasteiger partial charge in [-0.25, -0.2) is 0 Å². The van der Waals surface area contributed by atoms with E-state index in [1.807, 2.05) is 38.1 Å². The van der Waals surface area contributed by atoms with Crippen molar-refractivity contribution in [1.29, 1.82) is 0 Å². The molecule has 0 saturated heterocycles. The summed E-state index contributed by atoms with van der Waals surface area (Å²) in [6.45, 7) is 5.19. The molecule has 0 heterocycles. The van der Waals surface area contributed by atoms with Crippen molar-refractivity contribution < 1.29 is 9.53 Å². The van der Waals surface area contributed by atoms with Crippen LogP contribution >= 0.6 is 0 Å². The van der Waals surface area contributed by atoms with Crippen LogP contribution in [0.2, 0.25) is 0 Å². The number of rotatable bonds is 6. The number of ketones is 1. The molecule has 1 unspecified atom stereocenters. The molecule has 0 aliphatic rings. The minimum absolute atomic E-state index is 0.121. The monoisotopic (exact) mass is 221 g/mol. The van der Waals surface area contributed by atoms with E-state index >= 15 is 0 Å². The molecule has 3 heteroatoms. The molecule has 88 valence electrons. The molecule has 0 bridgehead atoms. The van der Waals surface area contributed by atoms with Gasteiger partial charge in [-0.3, -0.25) is 4.79 Å². The molecule has 0 radical (unpaired) electrons. The van der Waals surface area contributed by atoms with Crippen molar-refractivity contribution in [2.75, 3.05) is 20.3 Å². The van der Waals surface area contributed by atoms with Crippen molar-refractivity contribution >= 4 is 5.78 Å². The minimum atomic E-state index is -0.169. The molecule has 1 atom stereocenters. The summed E-state index contributed by atoms with van der Waals surface area (Å²) in [6, 6.07) is 7.47. The Bertz CT molecular complexity index is 332. The summed E-state index contributed by atoms with van der Waals surface area (Å²) < 4.78 is 4.92. The zero-order valence-electron chi connectivity index (χ0n) is 10.1. The number of aryl methyl sites for hydroxylation is 1. The Hall–Kier alpha value is -1.19. The number of benzene rings is 1. The first-order chi connectivity index (χ1) is 7.65. The van der Waals surface area contributed by atoms with Gasteiger partial charge in [-0.15, -0.1) is 0 Å². The van der Waals surface area contributed by atoms with E-state index in [2.05, 4.69) is 5.32 Å². The Morgan fingerprint density at radius 3 is 2.56 bits per heavy atom. The molecule has 0 aliphatic heterocycles. The van der Waals surface area contributed by atoms with E-state index in [1.165, 1.54) is 0 Å². The van der Waals surface area contributed by atoms with E-state index in [-0.39, 0.29) is 11.8 Å². The number of carbonyl (C=O) groups is 1. The molecule has 1 N–H and O–H groups in total. The van der Waals surface area contributed by atoms with E-state index in [0.29, 0.717) is 13.2 Å². The fraction of sp³-hybridized carbons (Fsp3) is 0.462. The van der Waals surface area contributed by atoms with Gasteiger partial charge in [0.05, 0.1) is 12.6 Å². The number of Topliss-reactive ketones (excluding diaryl/α,β-unsaturated/α-hetero) is 1. The number of nitrogens with one attached hydrogen (secondary N) is 1. The highest BCUT2D eigenvalue weighted by molar-refractivity contribution is 5.99. The van der Waals surface area contributed by atoms with Gasteiger partial charge >= 0.3 is 0 Å². The topological polar surface area (TPSA) is 38.3 Å². The maximum atomic E-state index is 11.9. The first kappa shape index (κ1) is 12.9. The van der Waals surface area contributed by atoms with Crippen molar-refractivity contribution in [2.45, 2.75) is 19.9 Å². The van der Waals surface area contributed by atoms with Crippen LogP contribution in [-0.2, 0) is 4.74 Å². The average Bonchev–Trinajstić information content (AvgIpc) is 2.29. The number of ether oxygens (including phenoxy) is 1. The van der Waals surface area contributed by atoms with Crippen LogP contribution in [-0.4, -0.2) is 32.1 Å². The zero-order chi connectivity index (χ0) is 12.0. The van der Waals surface area contributed by atoms with Crippen LogP contribution in [0.15, 0.2) is 24.3 Å². The molecule has 0 amide bonds. The normalized spacial score (nSPS) is 12.4. The van der Waals surface area contributed by atoms with Crippen LogP contribution in [0.1, 0.15) is 22.8 Å². The second-order valence-electron chi connectivity index (χ2n) is 3.90. The largest absolute Gasteiger partial charge is 0.383 e. The van der Waals surface area contributed by atoms with Crippen LogP contribution in [0.4, 0.5) is 0 Å². The number of carbonyl (C=O) groups excluding carboxylic acids is 1. The maximum absolute atomic E-state index is 11.9. The molecule has 0 aliphatic carbocycles. The van der Waals surface area contributed by atoms with E-state index in [9.17, 15) is 4.79 Å². The van der Waals surface area contributed by atoms with Crippen LogP contribution in [0.5, 0.6) is 0 Å². The lowest BCUT2D eigenvalue weighted by atomic mass is 10.0. The lowest BCUT2D eigenvalue weighted by molar-refractivity contribution is 0.0945. The lowest BCUT2D eigenvalue weighted by Gasteiger charge is -2.12. The highest BCUT2D eigenvalue weighted by atomic mass is 16.5. The van der Waals surface area contributed by atoms with Gasteiger partial charge in [-0.2, -0.15) is 0 Å². The average molecular weight is 221 g/mol. The van der Waals surface area contributed by atoms with Gasteiger partial charge in [0.15, 0.2) is 5.78 Å². The molecule has 1 aromatic rings. The summed E-state index contributed by atoms with van der Waals surface area (Å²) in [5, 5.41) is 3.12. The van der Waals surface area contributed by atoms with Crippen LogP contribution in [0.25, 0.3) is 0 Å². The Morgan fingerprint density at radius 1 is 1.38 bits per heavy atom. The summed E-state index contributed by atoms with van der Waals surface area (Å²) in [5.74, 6) is 0.121. The second kappa shape index (κ2) is 6.40. The summed E-state index contributed by atoms with van der Waals surface area (Å²) in [4.78, 5) is 11.9. The Balaban J connectivity index is 2.53. The third kappa shape index (κ3) is 3.76. The summed E-state index contributed by atoms with van der Waals surface area (Å²) in [5.41, 5.74) is 1.92. The number of hydrogen-bond acceptors (Lipinski definition) is 3. The van der Waals surface area contributed by atoms with Crippen LogP contribution in [0, 0.1) is 6.92 Å². The van der Waals surface area contributed by atoms with E-state index in [4.69, 9.17) is 4.74 Å². The first-order valence-corrected chi connectivity index (χ1v) is 5.48. The van der Waals surface area contributed by atoms with Crippen molar-refractivity contribution in [1.82, 2.24) is 5.32 Å². The molecule has 0 fully saturated rings. The highest BCUT2D eigenvalue weighted by Gasteiger charge is 2.13. The molecule has 0 spiro atoms. The van der Waals surface area contributed by atoms with Crippen molar-refractivity contribution in [3.63, 3.8) is 0 Å². The molecule has 16 heavy (non-hydrogen) atoms. The van der Waals surface area contributed by atoms with Gasteiger partial charge in [-0.05, 0) is 13.8 Å². The van der Waals surface area contributed by atoms with E-state index in [1.54, 1.807) is 7.11 Å². The number of hydrogen-bond donors (Lipinski definition) is 1. The van der Waals surface area contributed by atoms with E-state index in [0.717, 1.165) is 11.1 Å². The fourth-order valence-electron chi connectivity index (χ4n) is 1.44. The van der Waals surface area contributed by atoms with E-state index < -0.39 is 0 Å².